The maximum atomic E-state index is 14.0. The second-order valence-electron chi connectivity index (χ2n) is 10.5. The Morgan fingerprint density at radius 1 is 0.689 bits per heavy atom. The third kappa shape index (κ3) is 5.62. The lowest BCUT2D eigenvalue weighted by atomic mass is 9.80. The number of phenolic OH excluding ortho intramolecular Hbond substituents is 2. The molecule has 9 nitrogen and oxygen atoms in total. The summed E-state index contributed by atoms with van der Waals surface area (Å²) in [7, 11) is 0. The van der Waals surface area contributed by atoms with Crippen molar-refractivity contribution in [3.63, 3.8) is 0 Å². The highest BCUT2D eigenvalue weighted by Crippen LogP contribution is 2.45. The van der Waals surface area contributed by atoms with Crippen LogP contribution in [0, 0.1) is 0 Å². The van der Waals surface area contributed by atoms with Gasteiger partial charge in [-0.2, -0.15) is 0 Å². The monoisotopic (exact) mass is 598 g/mol. The maximum Gasteiger partial charge on any atom is 0.315 e. The van der Waals surface area contributed by atoms with E-state index in [4.69, 9.17) is 10.5 Å². The Kier molecular flexibility index (Phi) is 7.58. The van der Waals surface area contributed by atoms with Crippen molar-refractivity contribution in [1.82, 2.24) is 0 Å². The summed E-state index contributed by atoms with van der Waals surface area (Å²) in [6.45, 7) is 0. The molecule has 5 aromatic carbocycles. The van der Waals surface area contributed by atoms with E-state index in [0.717, 1.165) is 11.1 Å². The van der Waals surface area contributed by atoms with Crippen molar-refractivity contribution in [2.45, 2.75) is 12.8 Å². The molecule has 0 saturated heterocycles. The van der Waals surface area contributed by atoms with Crippen molar-refractivity contribution in [3.05, 3.63) is 137 Å². The van der Waals surface area contributed by atoms with Gasteiger partial charge in [0.15, 0.2) is 0 Å². The Bertz CT molecular complexity index is 1990. The number of phenols is 2. The second kappa shape index (κ2) is 11.8. The van der Waals surface area contributed by atoms with Gasteiger partial charge in [-0.1, -0.05) is 72.8 Å². The highest BCUT2D eigenvalue weighted by atomic mass is 16.5. The van der Waals surface area contributed by atoms with Gasteiger partial charge in [0.25, 0.3) is 0 Å². The Labute approximate surface area is 257 Å². The summed E-state index contributed by atoms with van der Waals surface area (Å²) in [5, 5.41) is 24.6. The number of esters is 1. The molecule has 222 valence electrons. The molecule has 1 amide bonds. The van der Waals surface area contributed by atoms with Crippen LogP contribution in [0.1, 0.15) is 43.0 Å². The van der Waals surface area contributed by atoms with Crippen molar-refractivity contribution in [2.24, 2.45) is 0 Å². The molecule has 0 aliphatic heterocycles. The minimum absolute atomic E-state index is 0.00905. The fourth-order valence-corrected chi connectivity index (χ4v) is 5.40. The molecule has 0 atom stereocenters. The molecule has 0 unspecified atom stereocenters. The number of amides is 1. The van der Waals surface area contributed by atoms with Crippen LogP contribution >= 0.6 is 0 Å². The third-order valence-corrected chi connectivity index (χ3v) is 7.49. The first-order valence-electron chi connectivity index (χ1n) is 14.0. The SMILES string of the molecule is Nc1cc(-c2ccc(OC(=O)Cc3ccccc3)cc2)c(O)c2c1C(=O)c1c(O)ccc(NC(=O)Cc3ccccc3)c1C2=O. The first-order valence-corrected chi connectivity index (χ1v) is 14.0. The molecule has 0 saturated carbocycles. The van der Waals surface area contributed by atoms with Gasteiger partial charge < -0.3 is 26.0 Å². The molecule has 1 aliphatic rings. The van der Waals surface area contributed by atoms with Crippen molar-refractivity contribution in [1.29, 1.82) is 0 Å². The molecule has 0 radical (unpaired) electrons. The Morgan fingerprint density at radius 3 is 1.93 bits per heavy atom. The van der Waals surface area contributed by atoms with E-state index in [9.17, 15) is 29.4 Å². The van der Waals surface area contributed by atoms with Crippen LogP contribution in [0.25, 0.3) is 11.1 Å². The number of ketones is 2. The summed E-state index contributed by atoms with van der Waals surface area (Å²) in [6, 6.07) is 28.3. The number of ether oxygens (including phenoxy) is 1. The molecule has 5 N–H and O–H groups in total. The maximum absolute atomic E-state index is 14.0. The van der Waals surface area contributed by atoms with Gasteiger partial charge in [-0.3, -0.25) is 19.2 Å². The molecule has 0 fully saturated rings. The molecule has 5 aromatic rings. The summed E-state index contributed by atoms with van der Waals surface area (Å²) in [6.07, 6.45) is 0.0989. The fraction of sp³-hybridized carbons (Fsp3) is 0.0556. The summed E-state index contributed by atoms with van der Waals surface area (Å²) < 4.78 is 5.43. The van der Waals surface area contributed by atoms with Crippen LogP contribution in [0.2, 0.25) is 0 Å². The van der Waals surface area contributed by atoms with Crippen LogP contribution < -0.4 is 15.8 Å². The van der Waals surface area contributed by atoms with Crippen molar-refractivity contribution in [3.8, 4) is 28.4 Å². The number of hydrogen-bond donors (Lipinski definition) is 4. The standard InChI is InChI=1S/C36H26N2O7/c37-25-19-24(22-11-13-23(14-12-22)45-29(41)18-21-9-5-2-6-10-21)34(42)33-30(25)35(43)32-27(39)16-15-26(31(32)36(33)44)38-28(40)17-20-7-3-1-4-8-20/h1-16,19,39,42H,17-18,37H2,(H,38,40). The molecule has 0 heterocycles. The van der Waals surface area contributed by atoms with E-state index in [-0.39, 0.29) is 57.8 Å². The van der Waals surface area contributed by atoms with Gasteiger partial charge in [-0.15, -0.1) is 0 Å². The molecular formula is C36H26N2O7. The first kappa shape index (κ1) is 28.9. The van der Waals surface area contributed by atoms with Crippen molar-refractivity contribution < 1.29 is 34.1 Å². The zero-order chi connectivity index (χ0) is 31.7. The Hall–Kier alpha value is -6.22. The molecule has 6 rings (SSSR count). The van der Waals surface area contributed by atoms with Gasteiger partial charge >= 0.3 is 5.97 Å². The van der Waals surface area contributed by atoms with Crippen LogP contribution in [-0.4, -0.2) is 33.7 Å². The highest BCUT2D eigenvalue weighted by Gasteiger charge is 2.39. The van der Waals surface area contributed by atoms with E-state index in [1.165, 1.54) is 30.3 Å². The number of carbonyl (C=O) groups is 4. The minimum Gasteiger partial charge on any atom is -0.507 e. The van der Waals surface area contributed by atoms with E-state index in [1.807, 2.05) is 36.4 Å². The van der Waals surface area contributed by atoms with Crippen LogP contribution in [0.4, 0.5) is 11.4 Å². The molecule has 45 heavy (non-hydrogen) atoms. The largest absolute Gasteiger partial charge is 0.507 e. The molecule has 1 aliphatic carbocycles. The topological polar surface area (TPSA) is 156 Å². The molecule has 0 bridgehead atoms. The number of nitrogens with one attached hydrogen (secondary N) is 1. The predicted octanol–water partition coefficient (Wildman–Crippen LogP) is 5.45. The van der Waals surface area contributed by atoms with Gasteiger partial charge in [0, 0.05) is 11.3 Å². The van der Waals surface area contributed by atoms with Crippen LogP contribution in [-0.2, 0) is 22.4 Å². The molecule has 9 heteroatoms. The van der Waals surface area contributed by atoms with E-state index < -0.39 is 34.9 Å². The molecule has 0 spiro atoms. The van der Waals surface area contributed by atoms with E-state index in [1.54, 1.807) is 36.4 Å². The van der Waals surface area contributed by atoms with Crippen LogP contribution in [0.15, 0.2) is 103 Å². The fourth-order valence-electron chi connectivity index (χ4n) is 5.40. The Balaban J connectivity index is 1.31. The number of nitrogen functional groups attached to an aromatic ring is 1. The smallest absolute Gasteiger partial charge is 0.315 e. The molecular weight excluding hydrogens is 572 g/mol. The number of nitrogens with two attached hydrogens (primary N) is 1. The summed E-state index contributed by atoms with van der Waals surface area (Å²) >= 11 is 0. The first-order chi connectivity index (χ1) is 21.7. The van der Waals surface area contributed by atoms with E-state index >= 15 is 0 Å². The lowest BCUT2D eigenvalue weighted by Gasteiger charge is -2.24. The lowest BCUT2D eigenvalue weighted by molar-refractivity contribution is -0.133. The van der Waals surface area contributed by atoms with Gasteiger partial charge in [-0.25, -0.2) is 0 Å². The average Bonchev–Trinajstić information content (AvgIpc) is 3.03. The summed E-state index contributed by atoms with van der Waals surface area (Å²) in [4.78, 5) is 52.8. The number of hydrogen-bond acceptors (Lipinski definition) is 8. The minimum atomic E-state index is -0.789. The number of fused-ring (bicyclic) bond motifs is 2. The van der Waals surface area contributed by atoms with E-state index in [2.05, 4.69) is 5.32 Å². The van der Waals surface area contributed by atoms with Crippen molar-refractivity contribution in [2.75, 3.05) is 11.1 Å². The lowest BCUT2D eigenvalue weighted by Crippen LogP contribution is -2.26. The zero-order valence-corrected chi connectivity index (χ0v) is 23.7. The van der Waals surface area contributed by atoms with E-state index in [0.29, 0.717) is 5.56 Å². The zero-order valence-electron chi connectivity index (χ0n) is 23.7. The summed E-state index contributed by atoms with van der Waals surface area (Å²) in [5.74, 6) is -3.14. The van der Waals surface area contributed by atoms with Crippen LogP contribution in [0.5, 0.6) is 17.2 Å². The molecule has 0 aromatic heterocycles. The normalized spacial score (nSPS) is 11.8. The van der Waals surface area contributed by atoms with Crippen LogP contribution in [0.3, 0.4) is 0 Å². The highest BCUT2D eigenvalue weighted by molar-refractivity contribution is 6.34. The van der Waals surface area contributed by atoms with Gasteiger partial charge in [0.1, 0.15) is 17.2 Å². The second-order valence-corrected chi connectivity index (χ2v) is 10.5. The number of carbonyl (C=O) groups excluding carboxylic acids is 4. The quantitative estimate of drug-likeness (QED) is 0.0818. The van der Waals surface area contributed by atoms with Gasteiger partial charge in [-0.05, 0) is 47.0 Å². The summed E-state index contributed by atoms with van der Waals surface area (Å²) in [5.41, 5.74) is 7.19. The number of rotatable bonds is 7. The number of aromatic hydroxyl groups is 2. The third-order valence-electron chi connectivity index (χ3n) is 7.49. The average molecular weight is 599 g/mol. The van der Waals surface area contributed by atoms with Gasteiger partial charge in [0.2, 0.25) is 17.5 Å². The number of benzene rings is 5. The van der Waals surface area contributed by atoms with Crippen molar-refractivity contribution >= 4 is 34.8 Å². The predicted molar refractivity (Wildman–Crippen MR) is 167 cm³/mol. The Morgan fingerprint density at radius 2 is 1.29 bits per heavy atom. The number of anilines is 2. The van der Waals surface area contributed by atoms with Gasteiger partial charge in [0.05, 0.1) is 40.8 Å².